The topological polar surface area (TPSA) is 83.0 Å². The number of carbonyl (C=O) groups is 2. The molecule has 7 nitrogen and oxygen atoms in total. The predicted molar refractivity (Wildman–Crippen MR) is 157 cm³/mol. The molecule has 9 heteroatoms. The maximum absolute atomic E-state index is 13.8. The van der Waals surface area contributed by atoms with Crippen LogP contribution in [0.2, 0.25) is 0 Å². The number of anilines is 2. The first-order valence-electron chi connectivity index (χ1n) is 12.3. The molecule has 0 saturated carbocycles. The predicted octanol–water partition coefficient (Wildman–Crippen LogP) is 6.47. The van der Waals surface area contributed by atoms with E-state index in [4.69, 9.17) is 9.73 Å². The first kappa shape index (κ1) is 26.1. The van der Waals surface area contributed by atoms with Crippen molar-refractivity contribution in [1.82, 2.24) is 4.90 Å². The minimum atomic E-state index is -0.356. The van der Waals surface area contributed by atoms with Crippen molar-refractivity contribution in [2.24, 2.45) is 4.99 Å². The molecule has 38 heavy (non-hydrogen) atoms. The lowest BCUT2D eigenvalue weighted by molar-refractivity contribution is -0.113. The highest BCUT2D eigenvalue weighted by Gasteiger charge is 2.37. The van der Waals surface area contributed by atoms with Gasteiger partial charge >= 0.3 is 0 Å². The van der Waals surface area contributed by atoms with Gasteiger partial charge in [0.15, 0.2) is 5.17 Å². The van der Waals surface area contributed by atoms with Gasteiger partial charge in [0, 0.05) is 22.5 Å². The number of benzene rings is 3. The number of rotatable bonds is 6. The summed E-state index contributed by atoms with van der Waals surface area (Å²) in [5.74, 6) is 1.12. The fourth-order valence-electron chi connectivity index (χ4n) is 4.67. The van der Waals surface area contributed by atoms with Gasteiger partial charge in [-0.3, -0.25) is 9.59 Å². The maximum Gasteiger partial charge on any atom is 0.256 e. The molecule has 3 aromatic carbocycles. The maximum atomic E-state index is 13.8. The van der Waals surface area contributed by atoms with E-state index in [1.165, 1.54) is 0 Å². The zero-order chi connectivity index (χ0) is 26.6. The number of halogens is 1. The number of aliphatic imine (C=N–C) groups is 1. The average molecular weight is 592 g/mol. The lowest BCUT2D eigenvalue weighted by Gasteiger charge is -2.41. The first-order valence-corrected chi connectivity index (χ1v) is 14.0. The van der Waals surface area contributed by atoms with Crippen LogP contribution in [0.5, 0.6) is 5.75 Å². The molecule has 0 aliphatic carbocycles. The number of allylic oxidation sites excluding steroid dienone is 1. The van der Waals surface area contributed by atoms with E-state index >= 15 is 0 Å². The Hall–Kier alpha value is -3.56. The molecule has 1 saturated heterocycles. The van der Waals surface area contributed by atoms with Crippen LogP contribution in [0.25, 0.3) is 0 Å². The van der Waals surface area contributed by atoms with Crippen molar-refractivity contribution in [2.45, 2.75) is 19.4 Å². The summed E-state index contributed by atoms with van der Waals surface area (Å²) in [5, 5.41) is 6.95. The Labute approximate surface area is 234 Å². The van der Waals surface area contributed by atoms with Gasteiger partial charge in [0.05, 0.1) is 35.7 Å². The zero-order valence-corrected chi connectivity index (χ0v) is 23.4. The molecule has 3 aromatic rings. The SMILES string of the molecule is COc1ccccc1NC(=O)C1=C(C)N=C2SCCCN2C1c1cccc(NC(=O)c2ccccc2Br)c1. The second-order valence-corrected chi connectivity index (χ2v) is 10.8. The number of amidine groups is 1. The van der Waals surface area contributed by atoms with Crippen molar-refractivity contribution in [3.8, 4) is 5.75 Å². The second kappa shape index (κ2) is 11.4. The number of thioether (sulfide) groups is 1. The largest absolute Gasteiger partial charge is 0.495 e. The molecule has 2 amide bonds. The third-order valence-corrected chi connectivity index (χ3v) is 8.21. The van der Waals surface area contributed by atoms with E-state index < -0.39 is 0 Å². The summed E-state index contributed by atoms with van der Waals surface area (Å²) in [5.41, 5.74) is 3.93. The second-order valence-electron chi connectivity index (χ2n) is 8.91. The van der Waals surface area contributed by atoms with E-state index in [9.17, 15) is 9.59 Å². The lowest BCUT2D eigenvalue weighted by Crippen LogP contribution is -2.43. The van der Waals surface area contributed by atoms with Gasteiger partial charge in [0.2, 0.25) is 0 Å². The van der Waals surface area contributed by atoms with Crippen molar-refractivity contribution in [1.29, 1.82) is 0 Å². The van der Waals surface area contributed by atoms with E-state index in [-0.39, 0.29) is 17.9 Å². The first-order chi connectivity index (χ1) is 18.5. The summed E-state index contributed by atoms with van der Waals surface area (Å²) in [6.07, 6.45) is 0.985. The molecular weight excluding hydrogens is 564 g/mol. The van der Waals surface area contributed by atoms with Crippen LogP contribution >= 0.6 is 27.7 Å². The number of methoxy groups -OCH3 is 1. The molecule has 2 heterocycles. The molecular formula is C29H27BrN4O3S. The summed E-state index contributed by atoms with van der Waals surface area (Å²) in [6.45, 7) is 2.66. The standard InChI is InChI=1S/C29H27BrN4O3S/c1-18-25(28(36)33-23-13-5-6-14-24(23)37-2)26(34-15-8-16-38-29(34)31-18)19-9-7-10-20(17-19)32-27(35)21-11-3-4-12-22(21)30/h3-7,9-14,17,26H,8,15-16H2,1-2H3,(H,32,35)(H,33,36). The van der Waals surface area contributed by atoms with Crippen molar-refractivity contribution < 1.29 is 14.3 Å². The van der Waals surface area contributed by atoms with Gasteiger partial charge < -0.3 is 20.3 Å². The van der Waals surface area contributed by atoms with E-state index in [0.717, 1.165) is 33.9 Å². The van der Waals surface area contributed by atoms with Crippen molar-refractivity contribution >= 4 is 56.0 Å². The van der Waals surface area contributed by atoms with Crippen LogP contribution in [0.3, 0.4) is 0 Å². The smallest absolute Gasteiger partial charge is 0.256 e. The summed E-state index contributed by atoms with van der Waals surface area (Å²) < 4.78 is 6.16. The summed E-state index contributed by atoms with van der Waals surface area (Å²) in [4.78, 5) is 33.8. The minimum absolute atomic E-state index is 0.213. The van der Waals surface area contributed by atoms with Gasteiger partial charge in [0.1, 0.15) is 5.75 Å². The number of hydrogen-bond acceptors (Lipinski definition) is 6. The number of fused-ring (bicyclic) bond motifs is 1. The Bertz CT molecular complexity index is 1450. The van der Waals surface area contributed by atoms with Gasteiger partial charge in [-0.2, -0.15) is 0 Å². The summed E-state index contributed by atoms with van der Waals surface area (Å²) in [6, 6.07) is 22.0. The number of nitrogens with one attached hydrogen (secondary N) is 2. The van der Waals surface area contributed by atoms with Crippen molar-refractivity contribution in [2.75, 3.05) is 30.0 Å². The Kier molecular flexibility index (Phi) is 7.85. The Balaban J connectivity index is 1.50. The quantitative estimate of drug-likeness (QED) is 0.343. The fourth-order valence-corrected chi connectivity index (χ4v) is 6.16. The van der Waals surface area contributed by atoms with Crippen molar-refractivity contribution in [3.05, 3.63) is 99.7 Å². The summed E-state index contributed by atoms with van der Waals surface area (Å²) >= 11 is 5.15. The molecule has 0 bridgehead atoms. The molecule has 1 fully saturated rings. The normalized spacial score (nSPS) is 16.9. The third kappa shape index (κ3) is 5.35. The molecule has 5 rings (SSSR count). The van der Waals surface area contributed by atoms with E-state index in [1.54, 1.807) is 24.9 Å². The number of hydrogen-bond donors (Lipinski definition) is 2. The van der Waals surface area contributed by atoms with Crippen LogP contribution in [0, 0.1) is 0 Å². The number of para-hydroxylation sites is 2. The van der Waals surface area contributed by atoms with Crippen molar-refractivity contribution in [3.63, 3.8) is 0 Å². The molecule has 194 valence electrons. The molecule has 0 aromatic heterocycles. The Morgan fingerprint density at radius 1 is 1.03 bits per heavy atom. The third-order valence-electron chi connectivity index (χ3n) is 6.44. The van der Waals surface area contributed by atoms with E-state index in [2.05, 4.69) is 31.5 Å². The minimum Gasteiger partial charge on any atom is -0.495 e. The van der Waals surface area contributed by atoms with Gasteiger partial charge in [-0.05, 0) is 71.2 Å². The van der Waals surface area contributed by atoms with Crippen LogP contribution in [-0.2, 0) is 4.79 Å². The number of carbonyl (C=O) groups excluding carboxylic acids is 2. The molecule has 1 unspecified atom stereocenters. The molecule has 2 aliphatic rings. The average Bonchev–Trinajstić information content (AvgIpc) is 2.92. The van der Waals surface area contributed by atoms with Crippen LogP contribution in [0.15, 0.2) is 93.5 Å². The molecule has 0 spiro atoms. The number of amides is 2. The van der Waals surface area contributed by atoms with Crippen LogP contribution in [0.4, 0.5) is 11.4 Å². The van der Waals surface area contributed by atoms with Gasteiger partial charge in [0.25, 0.3) is 11.8 Å². The molecule has 2 aliphatic heterocycles. The summed E-state index contributed by atoms with van der Waals surface area (Å²) in [7, 11) is 1.58. The van der Waals surface area contributed by atoms with E-state index in [1.807, 2.05) is 73.7 Å². The highest BCUT2D eigenvalue weighted by molar-refractivity contribution is 9.10. The fraction of sp³-hybridized carbons (Fsp3) is 0.207. The van der Waals surface area contributed by atoms with Gasteiger partial charge in [-0.25, -0.2) is 4.99 Å². The number of nitrogens with zero attached hydrogens (tertiary/aromatic N) is 2. The highest BCUT2D eigenvalue weighted by atomic mass is 79.9. The van der Waals surface area contributed by atoms with Crippen LogP contribution in [-0.4, -0.2) is 41.3 Å². The number of ether oxygens (including phenoxy) is 1. The van der Waals surface area contributed by atoms with E-state index in [0.29, 0.717) is 34.0 Å². The van der Waals surface area contributed by atoms with Gasteiger partial charge in [-0.1, -0.05) is 48.2 Å². The van der Waals surface area contributed by atoms with Crippen LogP contribution < -0.4 is 15.4 Å². The van der Waals surface area contributed by atoms with Crippen LogP contribution in [0.1, 0.15) is 35.3 Å². The lowest BCUT2D eigenvalue weighted by atomic mass is 9.93. The zero-order valence-electron chi connectivity index (χ0n) is 21.0. The Morgan fingerprint density at radius 2 is 1.82 bits per heavy atom. The monoisotopic (exact) mass is 590 g/mol. The molecule has 0 radical (unpaired) electrons. The Morgan fingerprint density at radius 3 is 2.63 bits per heavy atom. The molecule has 1 atom stereocenters. The van der Waals surface area contributed by atoms with Gasteiger partial charge in [-0.15, -0.1) is 0 Å². The highest BCUT2D eigenvalue weighted by Crippen LogP contribution is 2.40. The molecule has 2 N–H and O–H groups in total.